The van der Waals surface area contributed by atoms with Gasteiger partial charge in [-0.15, -0.1) is 0 Å². The number of rotatable bonds is 4. The van der Waals surface area contributed by atoms with Gasteiger partial charge < -0.3 is 20.9 Å². The Kier molecular flexibility index (Phi) is 4.30. The zero-order valence-electron chi connectivity index (χ0n) is 15.4. The molecule has 3 heterocycles. The minimum absolute atomic E-state index is 0.579. The van der Waals surface area contributed by atoms with Crippen molar-refractivity contribution in [2.24, 2.45) is 4.99 Å². The van der Waals surface area contributed by atoms with Crippen molar-refractivity contribution in [3.05, 3.63) is 54.1 Å². The van der Waals surface area contributed by atoms with E-state index in [0.717, 1.165) is 48.8 Å². The summed E-state index contributed by atoms with van der Waals surface area (Å²) in [7, 11) is 0. The van der Waals surface area contributed by atoms with Crippen LogP contribution in [0.4, 0.5) is 5.69 Å². The number of fused-ring (bicyclic) bond motifs is 1. The van der Waals surface area contributed by atoms with Crippen LogP contribution in [0.5, 0.6) is 0 Å². The second-order valence-electron chi connectivity index (χ2n) is 7.39. The van der Waals surface area contributed by atoms with Gasteiger partial charge in [-0.05, 0) is 55.8 Å². The number of H-pyrrole nitrogens is 1. The lowest BCUT2D eigenvalue weighted by Gasteiger charge is -2.24. The Morgan fingerprint density at radius 1 is 0.889 bits per heavy atom. The van der Waals surface area contributed by atoms with Gasteiger partial charge in [0.25, 0.3) is 0 Å². The van der Waals surface area contributed by atoms with E-state index in [-0.39, 0.29) is 0 Å². The molecule has 2 aliphatic rings. The Bertz CT molecular complexity index is 964. The molecular formula is C22H25N5. The highest BCUT2D eigenvalue weighted by Gasteiger charge is 2.13. The maximum atomic E-state index is 4.52. The molecule has 1 fully saturated rings. The Labute approximate surface area is 159 Å². The first-order chi connectivity index (χ1) is 13.3. The highest BCUT2D eigenvalue weighted by atomic mass is 15.1. The maximum absolute atomic E-state index is 4.52. The lowest BCUT2D eigenvalue weighted by atomic mass is 10.1. The highest BCUT2D eigenvalue weighted by Crippen LogP contribution is 2.26. The van der Waals surface area contributed by atoms with Gasteiger partial charge in [0.2, 0.25) is 0 Å². The fourth-order valence-corrected chi connectivity index (χ4v) is 3.97. The van der Waals surface area contributed by atoms with Gasteiger partial charge in [0.05, 0.1) is 6.54 Å². The number of hydrogen-bond donors (Lipinski definition) is 4. The lowest BCUT2D eigenvalue weighted by Crippen LogP contribution is -2.35. The van der Waals surface area contributed by atoms with Crippen molar-refractivity contribution in [1.82, 2.24) is 15.6 Å². The molecule has 4 N–H and O–H groups in total. The summed E-state index contributed by atoms with van der Waals surface area (Å²) in [4.78, 5) is 8.08. The Morgan fingerprint density at radius 2 is 1.70 bits per heavy atom. The molecule has 0 spiro atoms. The number of piperidine rings is 1. The summed E-state index contributed by atoms with van der Waals surface area (Å²) in [6, 6.07) is 18.0. The maximum Gasteiger partial charge on any atom is 0.128 e. The first-order valence-corrected chi connectivity index (χ1v) is 9.84. The molecule has 0 aliphatic carbocycles. The lowest BCUT2D eigenvalue weighted by molar-refractivity contribution is 0.479. The summed E-state index contributed by atoms with van der Waals surface area (Å²) < 4.78 is 0. The summed E-state index contributed by atoms with van der Waals surface area (Å²) in [6.07, 6.45) is 2.37. The van der Waals surface area contributed by atoms with Crippen LogP contribution in [0.25, 0.3) is 22.2 Å². The summed E-state index contributed by atoms with van der Waals surface area (Å²) >= 11 is 0. The molecule has 0 unspecified atom stereocenters. The number of benzene rings is 2. The summed E-state index contributed by atoms with van der Waals surface area (Å²) in [6.45, 7) is 4.01. The van der Waals surface area contributed by atoms with E-state index in [1.54, 1.807) is 0 Å². The smallest absolute Gasteiger partial charge is 0.128 e. The topological polar surface area (TPSA) is 64.2 Å². The van der Waals surface area contributed by atoms with Gasteiger partial charge in [-0.1, -0.05) is 24.3 Å². The molecule has 0 atom stereocenters. The van der Waals surface area contributed by atoms with E-state index in [1.807, 2.05) is 0 Å². The van der Waals surface area contributed by atoms with Crippen LogP contribution in [0.1, 0.15) is 18.4 Å². The molecule has 2 aliphatic heterocycles. The molecule has 5 rings (SSSR count). The Hall–Kier alpha value is -2.79. The van der Waals surface area contributed by atoms with Gasteiger partial charge in [0.1, 0.15) is 5.84 Å². The molecule has 1 aromatic heterocycles. The summed E-state index contributed by atoms with van der Waals surface area (Å²) in [5.74, 6) is 1.00. The Balaban J connectivity index is 1.36. The monoisotopic (exact) mass is 359 g/mol. The van der Waals surface area contributed by atoms with Crippen molar-refractivity contribution < 1.29 is 0 Å². The van der Waals surface area contributed by atoms with Crippen molar-refractivity contribution >= 4 is 22.4 Å². The van der Waals surface area contributed by atoms with Crippen LogP contribution in [-0.2, 0) is 0 Å². The minimum Gasteiger partial charge on any atom is -0.382 e. The predicted molar refractivity (Wildman–Crippen MR) is 113 cm³/mol. The molecule has 0 saturated carbocycles. The van der Waals surface area contributed by atoms with Crippen molar-refractivity contribution in [3.63, 3.8) is 0 Å². The van der Waals surface area contributed by atoms with Gasteiger partial charge in [-0.3, -0.25) is 4.99 Å². The van der Waals surface area contributed by atoms with Crippen molar-refractivity contribution in [3.8, 4) is 11.3 Å². The van der Waals surface area contributed by atoms with Gasteiger partial charge in [-0.25, -0.2) is 0 Å². The van der Waals surface area contributed by atoms with Crippen LogP contribution in [0, 0.1) is 0 Å². The van der Waals surface area contributed by atoms with E-state index in [1.165, 1.54) is 29.5 Å². The number of aromatic nitrogens is 1. The largest absolute Gasteiger partial charge is 0.382 e. The third kappa shape index (κ3) is 3.43. The van der Waals surface area contributed by atoms with Crippen molar-refractivity contribution in [2.75, 3.05) is 31.5 Å². The van der Waals surface area contributed by atoms with E-state index in [4.69, 9.17) is 0 Å². The van der Waals surface area contributed by atoms with Crippen LogP contribution in [-0.4, -0.2) is 43.0 Å². The number of amidine groups is 1. The second-order valence-corrected chi connectivity index (χ2v) is 7.39. The zero-order valence-corrected chi connectivity index (χ0v) is 15.4. The molecule has 0 radical (unpaired) electrons. The van der Waals surface area contributed by atoms with Gasteiger partial charge in [0.15, 0.2) is 0 Å². The molecule has 5 heteroatoms. The molecule has 2 aromatic carbocycles. The average Bonchev–Trinajstić information content (AvgIpc) is 3.39. The van der Waals surface area contributed by atoms with E-state index in [0.29, 0.717) is 6.04 Å². The van der Waals surface area contributed by atoms with E-state index in [2.05, 4.69) is 74.5 Å². The fourth-order valence-electron chi connectivity index (χ4n) is 3.97. The van der Waals surface area contributed by atoms with Crippen LogP contribution in [0.2, 0.25) is 0 Å². The molecule has 0 bridgehead atoms. The summed E-state index contributed by atoms with van der Waals surface area (Å²) in [5, 5.41) is 11.6. The van der Waals surface area contributed by atoms with E-state index < -0.39 is 0 Å². The van der Waals surface area contributed by atoms with Crippen molar-refractivity contribution in [1.29, 1.82) is 0 Å². The van der Waals surface area contributed by atoms with Gasteiger partial charge in [-0.2, -0.15) is 0 Å². The Morgan fingerprint density at radius 3 is 2.48 bits per heavy atom. The van der Waals surface area contributed by atoms with Crippen LogP contribution in [0.15, 0.2) is 53.5 Å². The SMILES string of the molecule is c1cc(-c2cc3ccc(C4=NCCN4)cc3[nH]2)ccc1NC1CCNCC1. The number of nitrogens with zero attached hydrogens (tertiary/aromatic N) is 1. The minimum atomic E-state index is 0.579. The zero-order chi connectivity index (χ0) is 18.1. The molecular weight excluding hydrogens is 334 g/mol. The van der Waals surface area contributed by atoms with Gasteiger partial charge >= 0.3 is 0 Å². The molecule has 0 amide bonds. The van der Waals surface area contributed by atoms with E-state index in [9.17, 15) is 0 Å². The number of hydrogen-bond acceptors (Lipinski definition) is 4. The third-order valence-electron chi connectivity index (χ3n) is 5.48. The molecule has 5 nitrogen and oxygen atoms in total. The first-order valence-electron chi connectivity index (χ1n) is 9.84. The quantitative estimate of drug-likeness (QED) is 0.578. The van der Waals surface area contributed by atoms with Crippen LogP contribution >= 0.6 is 0 Å². The molecule has 138 valence electrons. The highest BCUT2D eigenvalue weighted by molar-refractivity contribution is 6.02. The predicted octanol–water partition coefficient (Wildman–Crippen LogP) is 3.35. The normalized spacial score (nSPS) is 17.7. The summed E-state index contributed by atoms with van der Waals surface area (Å²) in [5.41, 5.74) is 5.86. The molecule has 1 saturated heterocycles. The van der Waals surface area contributed by atoms with Gasteiger partial charge in [0, 0.05) is 40.4 Å². The number of aliphatic imine (C=N–C) groups is 1. The fraction of sp³-hybridized carbons (Fsp3) is 0.318. The molecule has 3 aromatic rings. The van der Waals surface area contributed by atoms with Crippen LogP contribution in [0.3, 0.4) is 0 Å². The number of aromatic amines is 1. The average molecular weight is 359 g/mol. The third-order valence-corrected chi connectivity index (χ3v) is 5.48. The number of nitrogens with one attached hydrogen (secondary N) is 4. The van der Waals surface area contributed by atoms with Crippen molar-refractivity contribution in [2.45, 2.75) is 18.9 Å². The van der Waals surface area contributed by atoms with E-state index >= 15 is 0 Å². The molecule has 27 heavy (non-hydrogen) atoms. The first kappa shape index (κ1) is 16.4. The standard InChI is InChI=1S/C22H25N5/c1-2-17(22-24-11-12-25-22)14-21-16(1)13-20(27-21)15-3-5-18(6-4-15)26-19-7-9-23-10-8-19/h1-6,13-14,19,23,26-27H,7-12H2,(H,24,25). The second kappa shape index (κ2) is 7.08. The van der Waals surface area contributed by atoms with Crippen LogP contribution < -0.4 is 16.0 Å². The number of anilines is 1.